The van der Waals surface area contributed by atoms with Crippen LogP contribution in [0.1, 0.15) is 29.8 Å². The standard InChI is InChI=1S/C26H32N4O5S/c1-32-21-12-19(13-22(33-2)25(21)34-3)14-24(31)27-15-23-28-29-26(36-17-20-10-7-11-35-20)30(23)16-18-8-5-4-6-9-18/h4-6,8-9,12-13,20H,7,10-11,14-17H2,1-3H3,(H,27,31)/t20-/m0/s1. The van der Waals surface area contributed by atoms with Crippen LogP contribution in [0, 0.1) is 0 Å². The number of amides is 1. The normalized spacial score (nSPS) is 15.0. The first kappa shape index (κ1) is 25.8. The van der Waals surface area contributed by atoms with Gasteiger partial charge in [-0.25, -0.2) is 0 Å². The second-order valence-corrected chi connectivity index (χ2v) is 9.39. The van der Waals surface area contributed by atoms with Gasteiger partial charge in [0, 0.05) is 12.4 Å². The monoisotopic (exact) mass is 512 g/mol. The molecule has 1 aromatic heterocycles. The van der Waals surface area contributed by atoms with Gasteiger partial charge >= 0.3 is 0 Å². The molecule has 192 valence electrons. The van der Waals surface area contributed by atoms with Crippen molar-refractivity contribution < 1.29 is 23.7 Å². The highest BCUT2D eigenvalue weighted by Gasteiger charge is 2.20. The van der Waals surface area contributed by atoms with Crippen molar-refractivity contribution >= 4 is 17.7 Å². The van der Waals surface area contributed by atoms with Gasteiger partial charge in [-0.05, 0) is 36.1 Å². The lowest BCUT2D eigenvalue weighted by Crippen LogP contribution is -2.26. The van der Waals surface area contributed by atoms with Crippen molar-refractivity contribution in [1.82, 2.24) is 20.1 Å². The minimum atomic E-state index is -0.146. The minimum absolute atomic E-state index is 0.146. The Morgan fingerprint density at radius 1 is 1.08 bits per heavy atom. The number of ether oxygens (including phenoxy) is 4. The van der Waals surface area contributed by atoms with Crippen LogP contribution in [-0.4, -0.2) is 60.5 Å². The highest BCUT2D eigenvalue weighted by Crippen LogP contribution is 2.38. The van der Waals surface area contributed by atoms with Crippen LogP contribution in [0.25, 0.3) is 0 Å². The maximum atomic E-state index is 12.8. The first-order valence-electron chi connectivity index (χ1n) is 11.9. The van der Waals surface area contributed by atoms with Crippen molar-refractivity contribution in [2.45, 2.75) is 43.6 Å². The quantitative estimate of drug-likeness (QED) is 0.369. The van der Waals surface area contributed by atoms with Crippen molar-refractivity contribution in [1.29, 1.82) is 0 Å². The molecule has 10 heteroatoms. The van der Waals surface area contributed by atoms with Gasteiger partial charge < -0.3 is 28.8 Å². The highest BCUT2D eigenvalue weighted by molar-refractivity contribution is 7.99. The average molecular weight is 513 g/mol. The maximum Gasteiger partial charge on any atom is 0.224 e. The van der Waals surface area contributed by atoms with E-state index in [2.05, 4.69) is 32.2 Å². The molecule has 1 amide bonds. The number of carbonyl (C=O) groups excluding carboxylic acids is 1. The fourth-order valence-corrected chi connectivity index (χ4v) is 5.11. The lowest BCUT2D eigenvalue weighted by atomic mass is 10.1. The molecule has 1 N–H and O–H groups in total. The molecule has 0 radical (unpaired) electrons. The predicted molar refractivity (Wildman–Crippen MR) is 137 cm³/mol. The zero-order chi connectivity index (χ0) is 25.3. The van der Waals surface area contributed by atoms with Crippen LogP contribution in [0.4, 0.5) is 0 Å². The van der Waals surface area contributed by atoms with Crippen molar-refractivity contribution in [3.05, 3.63) is 59.4 Å². The van der Waals surface area contributed by atoms with Crippen LogP contribution in [-0.2, 0) is 29.0 Å². The van der Waals surface area contributed by atoms with Crippen LogP contribution in [0.5, 0.6) is 17.2 Å². The number of nitrogens with zero attached hydrogens (tertiary/aromatic N) is 3. The zero-order valence-electron chi connectivity index (χ0n) is 20.9. The van der Waals surface area contributed by atoms with E-state index in [1.807, 2.05) is 18.2 Å². The topological polar surface area (TPSA) is 96.7 Å². The molecule has 36 heavy (non-hydrogen) atoms. The lowest BCUT2D eigenvalue weighted by Gasteiger charge is -2.14. The van der Waals surface area contributed by atoms with E-state index in [1.165, 1.54) is 0 Å². The Balaban J connectivity index is 1.44. The lowest BCUT2D eigenvalue weighted by molar-refractivity contribution is -0.120. The fraction of sp³-hybridized carbons (Fsp3) is 0.423. The zero-order valence-corrected chi connectivity index (χ0v) is 21.7. The van der Waals surface area contributed by atoms with E-state index in [1.54, 1.807) is 45.2 Å². The Morgan fingerprint density at radius 2 is 1.83 bits per heavy atom. The molecular formula is C26H32N4O5S. The van der Waals surface area contributed by atoms with Crippen LogP contribution in [0.2, 0.25) is 0 Å². The SMILES string of the molecule is COc1cc(CC(=O)NCc2nnc(SC[C@@H]3CCCO3)n2Cc2ccccc2)cc(OC)c1OC. The van der Waals surface area contributed by atoms with E-state index in [9.17, 15) is 4.79 Å². The second-order valence-electron chi connectivity index (χ2n) is 8.40. The predicted octanol–water partition coefficient (Wildman–Crippen LogP) is 3.48. The summed E-state index contributed by atoms with van der Waals surface area (Å²) in [7, 11) is 4.65. The number of nitrogens with one attached hydrogen (secondary N) is 1. The summed E-state index contributed by atoms with van der Waals surface area (Å²) >= 11 is 1.64. The third kappa shape index (κ3) is 6.50. The first-order valence-corrected chi connectivity index (χ1v) is 12.9. The van der Waals surface area contributed by atoms with Crippen molar-refractivity contribution in [3.8, 4) is 17.2 Å². The minimum Gasteiger partial charge on any atom is -0.493 e. The molecule has 1 fully saturated rings. The number of rotatable bonds is 12. The molecule has 1 saturated heterocycles. The van der Waals surface area contributed by atoms with Crippen LogP contribution in [0.15, 0.2) is 47.6 Å². The van der Waals surface area contributed by atoms with Gasteiger partial charge in [0.1, 0.15) is 0 Å². The number of carbonyl (C=O) groups is 1. The summed E-state index contributed by atoms with van der Waals surface area (Å²) < 4.78 is 24.0. The van der Waals surface area contributed by atoms with Gasteiger partial charge in [0.2, 0.25) is 11.7 Å². The third-order valence-electron chi connectivity index (χ3n) is 5.93. The molecular weight excluding hydrogens is 480 g/mol. The molecule has 2 aromatic carbocycles. The van der Waals surface area contributed by atoms with E-state index >= 15 is 0 Å². The summed E-state index contributed by atoms with van der Waals surface area (Å²) in [6.45, 7) is 1.72. The van der Waals surface area contributed by atoms with Gasteiger partial charge in [-0.1, -0.05) is 42.1 Å². The molecule has 1 aliphatic rings. The van der Waals surface area contributed by atoms with Crippen LogP contribution < -0.4 is 19.5 Å². The fourth-order valence-electron chi connectivity index (χ4n) is 4.09. The summed E-state index contributed by atoms with van der Waals surface area (Å²) in [6.07, 6.45) is 2.58. The van der Waals surface area contributed by atoms with E-state index in [0.717, 1.165) is 41.5 Å². The maximum absolute atomic E-state index is 12.8. The van der Waals surface area contributed by atoms with Crippen molar-refractivity contribution in [2.24, 2.45) is 0 Å². The summed E-state index contributed by atoms with van der Waals surface area (Å²) in [6, 6.07) is 13.7. The molecule has 1 aliphatic heterocycles. The third-order valence-corrected chi connectivity index (χ3v) is 7.03. The van der Waals surface area contributed by atoms with Gasteiger partial charge in [-0.3, -0.25) is 4.79 Å². The van der Waals surface area contributed by atoms with Crippen LogP contribution in [0.3, 0.4) is 0 Å². The molecule has 2 heterocycles. The first-order chi connectivity index (χ1) is 17.6. The number of benzene rings is 2. The van der Waals surface area contributed by atoms with E-state index in [0.29, 0.717) is 29.6 Å². The average Bonchev–Trinajstić information content (AvgIpc) is 3.56. The van der Waals surface area contributed by atoms with Crippen molar-refractivity contribution in [2.75, 3.05) is 33.7 Å². The molecule has 4 rings (SSSR count). The number of hydrogen-bond acceptors (Lipinski definition) is 8. The second kappa shape index (κ2) is 12.6. The molecule has 0 saturated carbocycles. The number of aromatic nitrogens is 3. The number of hydrogen-bond donors (Lipinski definition) is 1. The molecule has 1 atom stereocenters. The summed E-state index contributed by atoms with van der Waals surface area (Å²) in [5.41, 5.74) is 1.89. The van der Waals surface area contributed by atoms with Gasteiger partial charge in [-0.2, -0.15) is 0 Å². The van der Waals surface area contributed by atoms with Gasteiger partial charge in [-0.15, -0.1) is 10.2 Å². The van der Waals surface area contributed by atoms with Gasteiger partial charge in [0.05, 0.1) is 46.9 Å². The molecule has 0 aliphatic carbocycles. The summed E-state index contributed by atoms with van der Waals surface area (Å²) in [4.78, 5) is 12.8. The van der Waals surface area contributed by atoms with E-state index in [-0.39, 0.29) is 25.0 Å². The van der Waals surface area contributed by atoms with Gasteiger partial charge in [0.25, 0.3) is 0 Å². The largest absolute Gasteiger partial charge is 0.493 e. The molecule has 0 unspecified atom stereocenters. The highest BCUT2D eigenvalue weighted by atomic mass is 32.2. The smallest absolute Gasteiger partial charge is 0.224 e. The Morgan fingerprint density at radius 3 is 2.47 bits per heavy atom. The number of methoxy groups -OCH3 is 3. The Hall–Kier alpha value is -3.24. The number of thioether (sulfide) groups is 1. The molecule has 0 bridgehead atoms. The summed E-state index contributed by atoms with van der Waals surface area (Å²) in [5, 5.41) is 12.6. The summed E-state index contributed by atoms with van der Waals surface area (Å²) in [5.74, 6) is 2.90. The Labute approximate surface area is 215 Å². The van der Waals surface area contributed by atoms with Crippen LogP contribution >= 0.6 is 11.8 Å². The Kier molecular flexibility index (Phi) is 9.07. The van der Waals surface area contributed by atoms with E-state index < -0.39 is 0 Å². The van der Waals surface area contributed by atoms with E-state index in [4.69, 9.17) is 18.9 Å². The molecule has 3 aromatic rings. The van der Waals surface area contributed by atoms with Gasteiger partial charge in [0.15, 0.2) is 22.5 Å². The Bertz CT molecular complexity index is 1120. The molecule has 0 spiro atoms. The van der Waals surface area contributed by atoms with Crippen molar-refractivity contribution in [3.63, 3.8) is 0 Å². The molecule has 9 nitrogen and oxygen atoms in total.